The lowest BCUT2D eigenvalue weighted by molar-refractivity contribution is 0.181. The van der Waals surface area contributed by atoms with Gasteiger partial charge in [-0.05, 0) is 6.07 Å². The van der Waals surface area contributed by atoms with Crippen LogP contribution in [0.25, 0.3) is 0 Å². The summed E-state index contributed by atoms with van der Waals surface area (Å²) >= 11 is 0. The molecule has 0 aliphatic carbocycles. The normalized spacial score (nSPS) is 13.0. The first-order valence-corrected chi connectivity index (χ1v) is 2.98. The summed E-state index contributed by atoms with van der Waals surface area (Å²) in [6.45, 7) is 0.191. The summed E-state index contributed by atoms with van der Waals surface area (Å²) in [5.41, 5.74) is 5.76. The van der Waals surface area contributed by atoms with Gasteiger partial charge in [0.25, 0.3) is 0 Å². The highest BCUT2D eigenvalue weighted by molar-refractivity contribution is 5.01. The van der Waals surface area contributed by atoms with Crippen molar-refractivity contribution in [3.63, 3.8) is 0 Å². The van der Waals surface area contributed by atoms with E-state index in [0.29, 0.717) is 5.69 Å². The van der Waals surface area contributed by atoms with Gasteiger partial charge in [-0.15, -0.1) is 0 Å². The van der Waals surface area contributed by atoms with Crippen molar-refractivity contribution in [1.29, 1.82) is 0 Å². The molecule has 10 heavy (non-hydrogen) atoms. The molecule has 0 saturated heterocycles. The number of rotatable bonds is 2. The molecule has 0 spiro atoms. The van der Waals surface area contributed by atoms with Crippen molar-refractivity contribution in [2.75, 3.05) is 6.54 Å². The maximum atomic E-state index is 9.11. The van der Waals surface area contributed by atoms with Gasteiger partial charge < -0.3 is 10.8 Å². The van der Waals surface area contributed by atoms with Crippen molar-refractivity contribution in [2.45, 2.75) is 6.10 Å². The Kier molecular flexibility index (Phi) is 2.30. The van der Waals surface area contributed by atoms with Crippen LogP contribution in [-0.4, -0.2) is 21.6 Å². The number of hydrogen-bond acceptors (Lipinski definition) is 4. The van der Waals surface area contributed by atoms with E-state index in [2.05, 4.69) is 9.97 Å². The number of aliphatic hydroxyl groups excluding tert-OH is 1. The van der Waals surface area contributed by atoms with E-state index in [0.717, 1.165) is 0 Å². The van der Waals surface area contributed by atoms with E-state index in [9.17, 15) is 0 Å². The first kappa shape index (κ1) is 7.11. The Labute approximate surface area is 58.7 Å². The van der Waals surface area contributed by atoms with Gasteiger partial charge in [0.2, 0.25) is 0 Å². The summed E-state index contributed by atoms with van der Waals surface area (Å²) in [6, 6.07) is 1.64. The quantitative estimate of drug-likeness (QED) is 0.577. The highest BCUT2D eigenvalue weighted by Gasteiger charge is 2.03. The first-order valence-electron chi connectivity index (χ1n) is 2.98. The molecular formula is C6H9N3O. The van der Waals surface area contributed by atoms with Gasteiger partial charge in [-0.3, -0.25) is 0 Å². The van der Waals surface area contributed by atoms with Gasteiger partial charge in [0.15, 0.2) is 0 Å². The van der Waals surface area contributed by atoms with Crippen LogP contribution in [-0.2, 0) is 0 Å². The Balaban J connectivity index is 2.75. The Morgan fingerprint density at radius 1 is 1.70 bits per heavy atom. The highest BCUT2D eigenvalue weighted by Crippen LogP contribution is 2.04. The van der Waals surface area contributed by atoms with Crippen molar-refractivity contribution in [1.82, 2.24) is 9.97 Å². The third-order valence-corrected chi connectivity index (χ3v) is 1.17. The molecule has 3 N–H and O–H groups in total. The van der Waals surface area contributed by atoms with Crippen molar-refractivity contribution in [2.24, 2.45) is 5.73 Å². The zero-order valence-electron chi connectivity index (χ0n) is 5.44. The van der Waals surface area contributed by atoms with Crippen LogP contribution in [0.15, 0.2) is 18.6 Å². The molecule has 0 saturated carbocycles. The van der Waals surface area contributed by atoms with E-state index < -0.39 is 6.10 Å². The zero-order chi connectivity index (χ0) is 7.40. The van der Waals surface area contributed by atoms with Crippen molar-refractivity contribution >= 4 is 0 Å². The number of nitrogens with two attached hydrogens (primary N) is 1. The lowest BCUT2D eigenvalue weighted by Gasteiger charge is -2.03. The lowest BCUT2D eigenvalue weighted by atomic mass is 10.2. The Morgan fingerprint density at radius 3 is 3.00 bits per heavy atom. The van der Waals surface area contributed by atoms with Crippen LogP contribution >= 0.6 is 0 Å². The van der Waals surface area contributed by atoms with E-state index in [1.807, 2.05) is 0 Å². The van der Waals surface area contributed by atoms with E-state index >= 15 is 0 Å². The lowest BCUT2D eigenvalue weighted by Crippen LogP contribution is -2.12. The summed E-state index contributed by atoms with van der Waals surface area (Å²) in [7, 11) is 0. The molecule has 1 heterocycles. The van der Waals surface area contributed by atoms with E-state index in [-0.39, 0.29) is 6.54 Å². The molecule has 0 fully saturated rings. The van der Waals surface area contributed by atoms with Gasteiger partial charge in [0.1, 0.15) is 12.4 Å². The van der Waals surface area contributed by atoms with E-state index in [4.69, 9.17) is 10.8 Å². The third kappa shape index (κ3) is 1.49. The predicted octanol–water partition coefficient (Wildman–Crippen LogP) is -0.531. The van der Waals surface area contributed by atoms with Crippen LogP contribution in [0.5, 0.6) is 0 Å². The van der Waals surface area contributed by atoms with Gasteiger partial charge in [-0.2, -0.15) is 0 Å². The molecule has 1 aromatic rings. The highest BCUT2D eigenvalue weighted by atomic mass is 16.3. The van der Waals surface area contributed by atoms with Crippen LogP contribution in [0.3, 0.4) is 0 Å². The fraction of sp³-hybridized carbons (Fsp3) is 0.333. The fourth-order valence-corrected chi connectivity index (χ4v) is 0.619. The SMILES string of the molecule is NCC(O)c1ccncn1. The third-order valence-electron chi connectivity index (χ3n) is 1.17. The molecule has 0 aromatic carbocycles. The maximum Gasteiger partial charge on any atom is 0.115 e. The van der Waals surface area contributed by atoms with Gasteiger partial charge in [-0.1, -0.05) is 0 Å². The Morgan fingerprint density at radius 2 is 2.50 bits per heavy atom. The monoisotopic (exact) mass is 139 g/mol. The predicted molar refractivity (Wildman–Crippen MR) is 36.0 cm³/mol. The molecule has 1 unspecified atom stereocenters. The largest absolute Gasteiger partial charge is 0.385 e. The molecule has 1 atom stereocenters. The molecular weight excluding hydrogens is 130 g/mol. The average molecular weight is 139 g/mol. The minimum Gasteiger partial charge on any atom is -0.385 e. The van der Waals surface area contributed by atoms with Crippen molar-refractivity contribution in [3.8, 4) is 0 Å². The topological polar surface area (TPSA) is 72.0 Å². The van der Waals surface area contributed by atoms with E-state index in [1.54, 1.807) is 12.3 Å². The first-order chi connectivity index (χ1) is 4.84. The summed E-state index contributed by atoms with van der Waals surface area (Å²) in [5.74, 6) is 0. The number of aliphatic hydroxyl groups is 1. The van der Waals surface area contributed by atoms with Crippen molar-refractivity contribution in [3.05, 3.63) is 24.3 Å². The molecule has 0 aliphatic heterocycles. The van der Waals surface area contributed by atoms with E-state index in [1.165, 1.54) is 6.33 Å². The van der Waals surface area contributed by atoms with Gasteiger partial charge in [-0.25, -0.2) is 9.97 Å². The fourth-order valence-electron chi connectivity index (χ4n) is 0.619. The molecule has 1 aromatic heterocycles. The molecule has 4 nitrogen and oxygen atoms in total. The molecule has 0 amide bonds. The number of aromatic nitrogens is 2. The summed E-state index contributed by atoms with van der Waals surface area (Å²) < 4.78 is 0. The molecule has 54 valence electrons. The Bertz CT molecular complexity index is 189. The zero-order valence-corrected chi connectivity index (χ0v) is 5.44. The minimum absolute atomic E-state index is 0.191. The minimum atomic E-state index is -0.664. The number of nitrogens with zero attached hydrogens (tertiary/aromatic N) is 2. The second-order valence-corrected chi connectivity index (χ2v) is 1.89. The van der Waals surface area contributed by atoms with Gasteiger partial charge >= 0.3 is 0 Å². The molecule has 0 aliphatic rings. The molecule has 4 heteroatoms. The van der Waals surface area contributed by atoms with Crippen LogP contribution in [0.2, 0.25) is 0 Å². The Hall–Kier alpha value is -1.00. The average Bonchev–Trinajstić information content (AvgIpc) is 2.05. The van der Waals surface area contributed by atoms with Gasteiger partial charge in [0.05, 0.1) is 5.69 Å². The van der Waals surface area contributed by atoms with Crippen LogP contribution < -0.4 is 5.73 Å². The standard InChI is InChI=1S/C6H9N3O/c7-3-6(10)5-1-2-8-4-9-5/h1-2,4,6,10H,3,7H2. The summed E-state index contributed by atoms with van der Waals surface area (Å²) in [6.07, 6.45) is 2.29. The van der Waals surface area contributed by atoms with Crippen molar-refractivity contribution < 1.29 is 5.11 Å². The van der Waals surface area contributed by atoms with Crippen LogP contribution in [0.1, 0.15) is 11.8 Å². The van der Waals surface area contributed by atoms with Gasteiger partial charge in [0, 0.05) is 12.7 Å². The van der Waals surface area contributed by atoms with Crippen LogP contribution in [0.4, 0.5) is 0 Å². The summed E-state index contributed by atoms with van der Waals surface area (Å²) in [4.78, 5) is 7.51. The van der Waals surface area contributed by atoms with Crippen LogP contribution in [0, 0.1) is 0 Å². The maximum absolute atomic E-state index is 9.11. The smallest absolute Gasteiger partial charge is 0.115 e. The molecule has 1 rings (SSSR count). The molecule has 0 radical (unpaired) electrons. The second-order valence-electron chi connectivity index (χ2n) is 1.89. The summed E-state index contributed by atoms with van der Waals surface area (Å²) in [5, 5.41) is 9.11. The second kappa shape index (κ2) is 3.24. The number of hydrogen-bond donors (Lipinski definition) is 2. The molecule has 0 bridgehead atoms.